The minimum absolute atomic E-state index is 0.0685. The van der Waals surface area contributed by atoms with Crippen molar-refractivity contribution in [3.05, 3.63) is 77.9 Å². The van der Waals surface area contributed by atoms with E-state index < -0.39 is 37.6 Å². The van der Waals surface area contributed by atoms with Gasteiger partial charge in [-0.05, 0) is 48.5 Å². The lowest BCUT2D eigenvalue weighted by molar-refractivity contribution is 0.0925. The average molecular weight is 488 g/mol. The number of aromatic hydroxyl groups is 1. The number of hydrogen-bond donors (Lipinski definition) is 3. The summed E-state index contributed by atoms with van der Waals surface area (Å²) >= 11 is 0. The number of fused-ring (bicyclic) bond motifs is 1. The van der Waals surface area contributed by atoms with Crippen LogP contribution in [0.25, 0.3) is 0 Å². The summed E-state index contributed by atoms with van der Waals surface area (Å²) < 4.78 is 53.3. The van der Waals surface area contributed by atoms with Gasteiger partial charge in [-0.3, -0.25) is 19.0 Å². The average Bonchev–Trinajstić information content (AvgIpc) is 2.98. The summed E-state index contributed by atoms with van der Waals surface area (Å²) in [7, 11) is -7.80. The predicted octanol–water partition coefficient (Wildman–Crippen LogP) is 2.37. The molecule has 0 unspecified atom stereocenters. The number of benzene rings is 3. The van der Waals surface area contributed by atoms with Crippen molar-refractivity contribution in [2.45, 2.75) is 4.90 Å². The van der Waals surface area contributed by atoms with E-state index in [4.69, 9.17) is 0 Å². The highest BCUT2D eigenvalue weighted by Crippen LogP contribution is 2.36. The fourth-order valence-corrected chi connectivity index (χ4v) is 4.96. The van der Waals surface area contributed by atoms with Gasteiger partial charge in [-0.1, -0.05) is 18.2 Å². The third kappa shape index (κ3) is 4.38. The second-order valence-electron chi connectivity index (χ2n) is 7.20. The molecule has 3 aromatic carbocycles. The number of nitrogens with one attached hydrogen (secondary N) is 2. The summed E-state index contributed by atoms with van der Waals surface area (Å²) in [4.78, 5) is 25.9. The summed E-state index contributed by atoms with van der Waals surface area (Å²) in [6, 6.07) is 14.9. The number of carbonyl (C=O) groups is 2. The van der Waals surface area contributed by atoms with E-state index in [-0.39, 0.29) is 33.1 Å². The van der Waals surface area contributed by atoms with E-state index in [9.17, 15) is 31.5 Å². The molecular weight excluding hydrogens is 470 g/mol. The molecule has 0 spiro atoms. The molecule has 1 aliphatic heterocycles. The van der Waals surface area contributed by atoms with Crippen LogP contribution in [0.1, 0.15) is 20.7 Å². The van der Waals surface area contributed by atoms with Crippen LogP contribution < -0.4 is 14.3 Å². The van der Waals surface area contributed by atoms with Gasteiger partial charge in [0.05, 0.1) is 39.3 Å². The van der Waals surface area contributed by atoms with Crippen molar-refractivity contribution in [3.8, 4) is 5.75 Å². The third-order valence-corrected chi connectivity index (χ3v) is 6.70. The summed E-state index contributed by atoms with van der Waals surface area (Å²) in [5, 5.41) is 10.3. The lowest BCUT2D eigenvalue weighted by Gasteiger charge is -2.17. The van der Waals surface area contributed by atoms with Gasteiger partial charge in [-0.15, -0.1) is 0 Å². The fourth-order valence-electron chi connectivity index (χ4n) is 3.33. The maximum absolute atomic E-state index is 12.9. The van der Waals surface area contributed by atoms with E-state index in [1.165, 1.54) is 36.4 Å². The normalized spacial score (nSPS) is 13.7. The summed E-state index contributed by atoms with van der Waals surface area (Å²) in [5.41, 5.74) is 0.220. The predicted molar refractivity (Wildman–Crippen MR) is 121 cm³/mol. The molecule has 4 rings (SSSR count). The Morgan fingerprint density at radius 3 is 1.91 bits per heavy atom. The molecule has 0 aliphatic carbocycles. The molecule has 1 heterocycles. The van der Waals surface area contributed by atoms with Crippen LogP contribution in [-0.2, 0) is 20.0 Å². The summed E-state index contributed by atoms with van der Waals surface area (Å²) in [6.07, 6.45) is 0.959. The highest BCUT2D eigenvalue weighted by Gasteiger charge is 2.38. The van der Waals surface area contributed by atoms with Gasteiger partial charge in [-0.25, -0.2) is 21.7 Å². The molecule has 0 saturated heterocycles. The Morgan fingerprint density at radius 1 is 0.758 bits per heavy atom. The molecule has 3 N–H and O–H groups in total. The smallest absolute Gasteiger partial charge is 0.266 e. The zero-order chi connectivity index (χ0) is 24.0. The molecule has 0 saturated carbocycles. The van der Waals surface area contributed by atoms with Crippen LogP contribution in [0.5, 0.6) is 5.75 Å². The molecule has 0 bridgehead atoms. The lowest BCUT2D eigenvalue weighted by Crippen LogP contribution is -2.29. The van der Waals surface area contributed by atoms with E-state index >= 15 is 0 Å². The number of phenols is 1. The molecule has 2 amide bonds. The highest BCUT2D eigenvalue weighted by molar-refractivity contribution is 7.92. The molecule has 12 heteroatoms. The summed E-state index contributed by atoms with van der Waals surface area (Å²) in [5.74, 6) is -1.83. The first-order valence-electron chi connectivity index (χ1n) is 9.38. The van der Waals surface area contributed by atoms with E-state index in [0.717, 1.165) is 29.4 Å². The van der Waals surface area contributed by atoms with Crippen molar-refractivity contribution in [1.29, 1.82) is 0 Å². The van der Waals surface area contributed by atoms with Gasteiger partial charge in [0.1, 0.15) is 5.75 Å². The number of phenolic OH excluding ortho intramolecular Hbond substituents is 1. The number of rotatable bonds is 6. The number of amides is 2. The van der Waals surface area contributed by atoms with Crippen LogP contribution in [-0.4, -0.2) is 40.0 Å². The van der Waals surface area contributed by atoms with E-state index in [1.807, 2.05) is 0 Å². The van der Waals surface area contributed by atoms with Crippen LogP contribution in [0.4, 0.5) is 17.1 Å². The number of carbonyl (C=O) groups excluding carboxylic acids is 2. The van der Waals surface area contributed by atoms with Gasteiger partial charge in [0.15, 0.2) is 0 Å². The van der Waals surface area contributed by atoms with Gasteiger partial charge in [0, 0.05) is 0 Å². The Kier molecular flexibility index (Phi) is 5.34. The SMILES string of the molecule is CS(=O)(=O)Nc1cccc(NS(=O)(=O)c2ccc(O)c(N3C(=O)c4ccccc4C3=O)c2)c1. The number of nitrogens with zero attached hydrogens (tertiary/aromatic N) is 1. The molecular formula is C21H17N3O7S2. The van der Waals surface area contributed by atoms with E-state index in [1.54, 1.807) is 12.1 Å². The minimum Gasteiger partial charge on any atom is -0.506 e. The van der Waals surface area contributed by atoms with E-state index in [0.29, 0.717) is 0 Å². The molecule has 3 aromatic rings. The fraction of sp³-hybridized carbons (Fsp3) is 0.0476. The lowest BCUT2D eigenvalue weighted by atomic mass is 10.1. The maximum atomic E-state index is 12.9. The van der Waals surface area contributed by atoms with Crippen molar-refractivity contribution >= 4 is 48.9 Å². The van der Waals surface area contributed by atoms with Crippen LogP contribution in [0.3, 0.4) is 0 Å². The molecule has 0 aromatic heterocycles. The minimum atomic E-state index is -4.23. The van der Waals surface area contributed by atoms with Crippen LogP contribution >= 0.6 is 0 Å². The Bertz CT molecular complexity index is 1480. The van der Waals surface area contributed by atoms with Gasteiger partial charge in [-0.2, -0.15) is 0 Å². The second-order valence-corrected chi connectivity index (χ2v) is 10.6. The first-order valence-corrected chi connectivity index (χ1v) is 12.8. The maximum Gasteiger partial charge on any atom is 0.266 e. The third-order valence-electron chi connectivity index (χ3n) is 4.71. The molecule has 170 valence electrons. The number of imide groups is 1. The van der Waals surface area contributed by atoms with Crippen molar-refractivity contribution in [1.82, 2.24) is 0 Å². The van der Waals surface area contributed by atoms with Crippen LogP contribution in [0, 0.1) is 0 Å². The van der Waals surface area contributed by atoms with Crippen LogP contribution in [0.15, 0.2) is 71.6 Å². The van der Waals surface area contributed by atoms with Gasteiger partial charge < -0.3 is 5.11 Å². The topological polar surface area (TPSA) is 150 Å². The van der Waals surface area contributed by atoms with Gasteiger partial charge in [0.25, 0.3) is 21.8 Å². The summed E-state index contributed by atoms with van der Waals surface area (Å²) in [6.45, 7) is 0. The van der Waals surface area contributed by atoms with E-state index in [2.05, 4.69) is 9.44 Å². The molecule has 0 atom stereocenters. The zero-order valence-electron chi connectivity index (χ0n) is 17.0. The first-order chi connectivity index (χ1) is 15.5. The number of sulfonamides is 2. The Balaban J connectivity index is 1.68. The number of anilines is 3. The van der Waals surface area contributed by atoms with Crippen molar-refractivity contribution < 1.29 is 31.5 Å². The Labute approximate surface area is 189 Å². The number of hydrogen-bond acceptors (Lipinski definition) is 7. The molecule has 0 fully saturated rings. The van der Waals surface area contributed by atoms with Gasteiger partial charge in [0.2, 0.25) is 10.0 Å². The molecule has 10 nitrogen and oxygen atoms in total. The van der Waals surface area contributed by atoms with Crippen LogP contribution in [0.2, 0.25) is 0 Å². The Hall–Kier alpha value is -3.90. The molecule has 1 aliphatic rings. The standard InChI is InChI=1S/C21H17N3O7S2/c1-32(28,29)22-13-5-4-6-14(11-13)23-33(30,31)15-9-10-19(25)18(12-15)24-20(26)16-7-2-3-8-17(16)21(24)27/h2-12,22-23,25H,1H3. The highest BCUT2D eigenvalue weighted by atomic mass is 32.2. The largest absolute Gasteiger partial charge is 0.506 e. The first kappa shape index (κ1) is 22.3. The molecule has 0 radical (unpaired) electrons. The Morgan fingerprint density at radius 2 is 1.33 bits per heavy atom. The van der Waals surface area contributed by atoms with Gasteiger partial charge >= 0.3 is 0 Å². The monoisotopic (exact) mass is 487 g/mol. The van der Waals surface area contributed by atoms with Crippen molar-refractivity contribution in [2.24, 2.45) is 0 Å². The molecule has 33 heavy (non-hydrogen) atoms. The zero-order valence-corrected chi connectivity index (χ0v) is 18.6. The van der Waals surface area contributed by atoms with Crippen molar-refractivity contribution in [2.75, 3.05) is 20.6 Å². The second kappa shape index (κ2) is 7.90. The van der Waals surface area contributed by atoms with Crippen molar-refractivity contribution in [3.63, 3.8) is 0 Å². The quantitative estimate of drug-likeness (QED) is 0.452.